The summed E-state index contributed by atoms with van der Waals surface area (Å²) in [6.45, 7) is 6.75. The molecule has 0 bridgehead atoms. The molecule has 0 aliphatic rings. The lowest BCUT2D eigenvalue weighted by molar-refractivity contribution is -0.137. The number of rotatable bonds is 9. The number of hydrogen-bond acceptors (Lipinski definition) is 3. The number of nitrogens with zero attached hydrogens (tertiary/aromatic N) is 2. The molecular weight excluding hydrogens is 220 g/mol. The average Bonchev–Trinajstić information content (AvgIpc) is 2.28. The predicted octanol–water partition coefficient (Wildman–Crippen LogP) is 1.04. The minimum atomic E-state index is -0.781. The zero-order valence-corrected chi connectivity index (χ0v) is 11.1. The molecule has 5 heteroatoms. The molecule has 0 spiro atoms. The third-order valence-electron chi connectivity index (χ3n) is 2.75. The highest BCUT2D eigenvalue weighted by Gasteiger charge is 2.09. The molecular formula is C12H24N2O3. The Bertz CT molecular complexity index is 240. The fourth-order valence-corrected chi connectivity index (χ4v) is 1.63. The van der Waals surface area contributed by atoms with Gasteiger partial charge in [0.25, 0.3) is 0 Å². The number of carbonyl (C=O) groups excluding carboxylic acids is 1. The summed E-state index contributed by atoms with van der Waals surface area (Å²) in [6.07, 6.45) is 1.48. The molecule has 0 aromatic rings. The normalized spacial score (nSPS) is 10.6. The first-order valence-electron chi connectivity index (χ1n) is 6.19. The van der Waals surface area contributed by atoms with E-state index in [0.29, 0.717) is 13.0 Å². The quantitative estimate of drug-likeness (QED) is 0.658. The predicted molar refractivity (Wildman–Crippen MR) is 66.9 cm³/mol. The highest BCUT2D eigenvalue weighted by atomic mass is 16.4. The molecule has 0 radical (unpaired) electrons. The summed E-state index contributed by atoms with van der Waals surface area (Å²) >= 11 is 0. The van der Waals surface area contributed by atoms with Crippen molar-refractivity contribution in [2.24, 2.45) is 0 Å². The first-order chi connectivity index (χ1) is 8.01. The lowest BCUT2D eigenvalue weighted by Crippen LogP contribution is -2.31. The van der Waals surface area contributed by atoms with Crippen molar-refractivity contribution in [3.05, 3.63) is 0 Å². The largest absolute Gasteiger partial charge is 0.481 e. The number of hydrogen-bond donors (Lipinski definition) is 1. The fraction of sp³-hybridized carbons (Fsp3) is 0.833. The Morgan fingerprint density at radius 3 is 2.12 bits per heavy atom. The molecule has 0 saturated carbocycles. The standard InChI is InChI=1S/C12H24N2O3/c1-4-14(5-2)11(15)7-6-9-13(3)10-8-12(16)17/h4-10H2,1-3H3,(H,16,17). The maximum atomic E-state index is 11.7. The van der Waals surface area contributed by atoms with Crippen LogP contribution in [0.15, 0.2) is 0 Å². The summed E-state index contributed by atoms with van der Waals surface area (Å²) in [7, 11) is 1.88. The molecule has 0 aromatic carbocycles. The maximum absolute atomic E-state index is 11.7. The van der Waals surface area contributed by atoms with E-state index in [-0.39, 0.29) is 12.3 Å². The van der Waals surface area contributed by atoms with E-state index in [9.17, 15) is 9.59 Å². The molecule has 0 aliphatic heterocycles. The summed E-state index contributed by atoms with van der Waals surface area (Å²) in [4.78, 5) is 25.8. The highest BCUT2D eigenvalue weighted by Crippen LogP contribution is 1.99. The summed E-state index contributed by atoms with van der Waals surface area (Å²) in [5.41, 5.74) is 0. The Balaban J connectivity index is 3.68. The van der Waals surface area contributed by atoms with Crippen LogP contribution in [0.2, 0.25) is 0 Å². The van der Waals surface area contributed by atoms with E-state index in [1.54, 1.807) is 0 Å². The van der Waals surface area contributed by atoms with Crippen LogP contribution in [0, 0.1) is 0 Å². The smallest absolute Gasteiger partial charge is 0.304 e. The molecule has 0 atom stereocenters. The van der Waals surface area contributed by atoms with Crippen molar-refractivity contribution in [1.82, 2.24) is 9.80 Å². The molecule has 0 aliphatic carbocycles. The third kappa shape index (κ3) is 7.74. The van der Waals surface area contributed by atoms with E-state index < -0.39 is 5.97 Å². The van der Waals surface area contributed by atoms with E-state index in [1.165, 1.54) is 0 Å². The van der Waals surface area contributed by atoms with Crippen LogP contribution < -0.4 is 0 Å². The lowest BCUT2D eigenvalue weighted by Gasteiger charge is -2.20. The Hall–Kier alpha value is -1.10. The Morgan fingerprint density at radius 1 is 1.06 bits per heavy atom. The third-order valence-corrected chi connectivity index (χ3v) is 2.75. The molecule has 0 aromatic heterocycles. The Labute approximate surface area is 103 Å². The molecule has 1 N–H and O–H groups in total. The molecule has 0 fully saturated rings. The van der Waals surface area contributed by atoms with Crippen LogP contribution >= 0.6 is 0 Å². The van der Waals surface area contributed by atoms with Crippen molar-refractivity contribution >= 4 is 11.9 Å². The van der Waals surface area contributed by atoms with Gasteiger partial charge in [0.05, 0.1) is 6.42 Å². The van der Waals surface area contributed by atoms with E-state index in [1.807, 2.05) is 30.7 Å². The first-order valence-corrected chi connectivity index (χ1v) is 6.19. The number of amides is 1. The van der Waals surface area contributed by atoms with Crippen molar-refractivity contribution in [3.63, 3.8) is 0 Å². The van der Waals surface area contributed by atoms with Gasteiger partial charge in [0.1, 0.15) is 0 Å². The monoisotopic (exact) mass is 244 g/mol. The van der Waals surface area contributed by atoms with Crippen molar-refractivity contribution in [2.45, 2.75) is 33.1 Å². The Kier molecular flexibility index (Phi) is 8.40. The van der Waals surface area contributed by atoms with Crippen molar-refractivity contribution in [1.29, 1.82) is 0 Å². The number of carbonyl (C=O) groups is 2. The molecule has 0 saturated heterocycles. The highest BCUT2D eigenvalue weighted by molar-refractivity contribution is 5.76. The van der Waals surface area contributed by atoms with Crippen LogP contribution in [0.4, 0.5) is 0 Å². The molecule has 0 unspecified atom stereocenters. The van der Waals surface area contributed by atoms with E-state index >= 15 is 0 Å². The summed E-state index contributed by atoms with van der Waals surface area (Å²) in [6, 6.07) is 0. The number of aliphatic carboxylic acids is 1. The van der Waals surface area contributed by atoms with Gasteiger partial charge in [-0.25, -0.2) is 0 Å². The van der Waals surface area contributed by atoms with Gasteiger partial charge in [-0.05, 0) is 33.9 Å². The summed E-state index contributed by atoms with van der Waals surface area (Å²) in [5.74, 6) is -0.599. The van der Waals surface area contributed by atoms with Crippen molar-refractivity contribution < 1.29 is 14.7 Å². The molecule has 17 heavy (non-hydrogen) atoms. The van der Waals surface area contributed by atoms with Gasteiger partial charge in [0.15, 0.2) is 0 Å². The zero-order chi connectivity index (χ0) is 13.3. The van der Waals surface area contributed by atoms with Crippen molar-refractivity contribution in [2.75, 3.05) is 33.2 Å². The van der Waals surface area contributed by atoms with E-state index in [2.05, 4.69) is 0 Å². The second kappa shape index (κ2) is 8.98. The minimum Gasteiger partial charge on any atom is -0.481 e. The van der Waals surface area contributed by atoms with Crippen LogP contribution in [0.1, 0.15) is 33.1 Å². The second-order valence-electron chi connectivity index (χ2n) is 4.12. The lowest BCUT2D eigenvalue weighted by atomic mass is 10.2. The molecule has 100 valence electrons. The zero-order valence-electron chi connectivity index (χ0n) is 11.1. The minimum absolute atomic E-state index is 0.153. The van der Waals surface area contributed by atoms with Crippen molar-refractivity contribution in [3.8, 4) is 0 Å². The topological polar surface area (TPSA) is 60.9 Å². The van der Waals surface area contributed by atoms with E-state index in [0.717, 1.165) is 26.1 Å². The van der Waals surface area contributed by atoms with Gasteiger partial charge in [-0.15, -0.1) is 0 Å². The van der Waals surface area contributed by atoms with E-state index in [4.69, 9.17) is 5.11 Å². The average molecular weight is 244 g/mol. The van der Waals surface area contributed by atoms with Gasteiger partial charge in [-0.3, -0.25) is 9.59 Å². The molecule has 5 nitrogen and oxygen atoms in total. The fourth-order valence-electron chi connectivity index (χ4n) is 1.63. The molecule has 0 heterocycles. The van der Waals surface area contributed by atoms with Crippen LogP contribution in [-0.2, 0) is 9.59 Å². The first kappa shape index (κ1) is 15.9. The number of carboxylic acids is 1. The van der Waals surface area contributed by atoms with Gasteiger partial charge in [-0.2, -0.15) is 0 Å². The summed E-state index contributed by atoms with van der Waals surface area (Å²) in [5, 5.41) is 8.53. The van der Waals surface area contributed by atoms with Gasteiger partial charge in [-0.1, -0.05) is 0 Å². The van der Waals surface area contributed by atoms with Crippen LogP contribution in [0.5, 0.6) is 0 Å². The second-order valence-corrected chi connectivity index (χ2v) is 4.12. The SMILES string of the molecule is CCN(CC)C(=O)CCCN(C)CCC(=O)O. The number of carboxylic acid groups (broad SMARTS) is 1. The maximum Gasteiger partial charge on any atom is 0.304 e. The van der Waals surface area contributed by atoms with Crippen LogP contribution in [-0.4, -0.2) is 60.0 Å². The van der Waals surface area contributed by atoms with Gasteiger partial charge in [0, 0.05) is 26.1 Å². The van der Waals surface area contributed by atoms with Gasteiger partial charge >= 0.3 is 5.97 Å². The van der Waals surface area contributed by atoms with Crippen LogP contribution in [0.3, 0.4) is 0 Å². The summed E-state index contributed by atoms with van der Waals surface area (Å²) < 4.78 is 0. The van der Waals surface area contributed by atoms with Gasteiger partial charge < -0.3 is 14.9 Å². The Morgan fingerprint density at radius 2 is 1.65 bits per heavy atom. The molecule has 1 amide bonds. The molecule has 0 rings (SSSR count). The van der Waals surface area contributed by atoms with Crippen LogP contribution in [0.25, 0.3) is 0 Å². The van der Waals surface area contributed by atoms with Gasteiger partial charge in [0.2, 0.25) is 5.91 Å².